The summed E-state index contributed by atoms with van der Waals surface area (Å²) in [5.41, 5.74) is 1.06. The zero-order valence-electron chi connectivity index (χ0n) is 13.0. The average molecular weight is 421 g/mol. The number of benzene rings is 1. The van der Waals surface area contributed by atoms with Crippen LogP contribution in [0, 0.1) is 5.92 Å². The Hall–Kier alpha value is -1.22. The number of hydrogen-bond donors (Lipinski definition) is 3. The molecule has 1 aliphatic rings. The lowest BCUT2D eigenvalue weighted by Crippen LogP contribution is -2.39. The highest BCUT2D eigenvalue weighted by Crippen LogP contribution is 2.32. The second-order valence-electron chi connectivity index (χ2n) is 5.05. The SMILES string of the molecule is CCNC(=NCc1ccc2c(c1)OCO2)NCC(C)CO.I. The molecule has 0 spiro atoms. The Morgan fingerprint density at radius 2 is 2.09 bits per heavy atom. The first-order valence-electron chi connectivity index (χ1n) is 7.24. The molecule has 2 rings (SSSR count). The van der Waals surface area contributed by atoms with Crippen LogP contribution in [0.2, 0.25) is 0 Å². The van der Waals surface area contributed by atoms with Gasteiger partial charge in [-0.05, 0) is 30.5 Å². The molecular weight excluding hydrogens is 397 g/mol. The van der Waals surface area contributed by atoms with Gasteiger partial charge in [-0.3, -0.25) is 0 Å². The van der Waals surface area contributed by atoms with Crippen molar-refractivity contribution in [3.05, 3.63) is 23.8 Å². The van der Waals surface area contributed by atoms with Crippen LogP contribution in [0.4, 0.5) is 0 Å². The number of ether oxygens (including phenoxy) is 2. The lowest BCUT2D eigenvalue weighted by molar-refractivity contribution is 0.174. The summed E-state index contributed by atoms with van der Waals surface area (Å²) in [6.07, 6.45) is 0. The Morgan fingerprint density at radius 1 is 1.32 bits per heavy atom. The molecule has 0 fully saturated rings. The van der Waals surface area contributed by atoms with Crippen LogP contribution in [-0.2, 0) is 6.54 Å². The van der Waals surface area contributed by atoms with Gasteiger partial charge in [0.2, 0.25) is 6.79 Å². The number of fused-ring (bicyclic) bond motifs is 1. The highest BCUT2D eigenvalue weighted by Gasteiger charge is 2.13. The molecule has 1 heterocycles. The Kier molecular flexibility index (Phi) is 8.32. The van der Waals surface area contributed by atoms with Gasteiger partial charge >= 0.3 is 0 Å². The van der Waals surface area contributed by atoms with Gasteiger partial charge in [0, 0.05) is 19.7 Å². The van der Waals surface area contributed by atoms with Crippen molar-refractivity contribution in [3.8, 4) is 11.5 Å². The zero-order valence-corrected chi connectivity index (χ0v) is 15.3. The van der Waals surface area contributed by atoms with Crippen molar-refractivity contribution in [2.45, 2.75) is 20.4 Å². The van der Waals surface area contributed by atoms with E-state index in [0.29, 0.717) is 13.1 Å². The van der Waals surface area contributed by atoms with Crippen molar-refractivity contribution < 1.29 is 14.6 Å². The first-order valence-corrected chi connectivity index (χ1v) is 7.24. The lowest BCUT2D eigenvalue weighted by atomic mass is 10.2. The van der Waals surface area contributed by atoms with Gasteiger partial charge in [-0.2, -0.15) is 0 Å². The van der Waals surface area contributed by atoms with Crippen molar-refractivity contribution in [3.63, 3.8) is 0 Å². The summed E-state index contributed by atoms with van der Waals surface area (Å²) >= 11 is 0. The van der Waals surface area contributed by atoms with E-state index in [0.717, 1.165) is 29.6 Å². The highest BCUT2D eigenvalue weighted by atomic mass is 127. The van der Waals surface area contributed by atoms with E-state index in [4.69, 9.17) is 14.6 Å². The molecule has 0 amide bonds. The Balaban J connectivity index is 0.00000242. The molecule has 7 heteroatoms. The quantitative estimate of drug-likeness (QED) is 0.371. The first kappa shape index (κ1) is 18.8. The first-order chi connectivity index (χ1) is 10.2. The predicted molar refractivity (Wildman–Crippen MR) is 97.0 cm³/mol. The molecule has 1 aromatic carbocycles. The van der Waals surface area contributed by atoms with Crippen molar-refractivity contribution >= 4 is 29.9 Å². The van der Waals surface area contributed by atoms with Crippen LogP contribution >= 0.6 is 24.0 Å². The number of halogens is 1. The minimum absolute atomic E-state index is 0. The molecule has 0 bridgehead atoms. The maximum Gasteiger partial charge on any atom is 0.231 e. The second kappa shape index (κ2) is 9.73. The van der Waals surface area contributed by atoms with E-state index in [9.17, 15) is 0 Å². The molecular formula is C15H24IN3O3. The number of nitrogens with zero attached hydrogens (tertiary/aromatic N) is 1. The lowest BCUT2D eigenvalue weighted by Gasteiger charge is -2.14. The summed E-state index contributed by atoms with van der Waals surface area (Å²) in [4.78, 5) is 4.53. The van der Waals surface area contributed by atoms with Crippen LogP contribution < -0.4 is 20.1 Å². The number of aliphatic hydroxyl groups is 1. The van der Waals surface area contributed by atoms with Gasteiger partial charge in [-0.25, -0.2) is 4.99 Å². The second-order valence-corrected chi connectivity index (χ2v) is 5.05. The van der Waals surface area contributed by atoms with Crippen LogP contribution in [0.1, 0.15) is 19.4 Å². The summed E-state index contributed by atoms with van der Waals surface area (Å²) in [5.74, 6) is 2.49. The largest absolute Gasteiger partial charge is 0.454 e. The van der Waals surface area contributed by atoms with Gasteiger partial charge in [0.15, 0.2) is 17.5 Å². The molecule has 3 N–H and O–H groups in total. The third kappa shape index (κ3) is 5.53. The fraction of sp³-hybridized carbons (Fsp3) is 0.533. The van der Waals surface area contributed by atoms with E-state index in [-0.39, 0.29) is 43.3 Å². The van der Waals surface area contributed by atoms with Crippen LogP contribution in [0.5, 0.6) is 11.5 Å². The van der Waals surface area contributed by atoms with Crippen molar-refractivity contribution in [2.24, 2.45) is 10.9 Å². The van der Waals surface area contributed by atoms with Crippen LogP contribution in [0.25, 0.3) is 0 Å². The highest BCUT2D eigenvalue weighted by molar-refractivity contribution is 14.0. The number of hydrogen-bond acceptors (Lipinski definition) is 4. The van der Waals surface area contributed by atoms with E-state index in [1.807, 2.05) is 32.0 Å². The average Bonchev–Trinajstić information content (AvgIpc) is 2.97. The molecule has 0 aliphatic carbocycles. The van der Waals surface area contributed by atoms with Gasteiger partial charge in [0.05, 0.1) is 6.54 Å². The number of aliphatic imine (C=N–C) groups is 1. The van der Waals surface area contributed by atoms with Gasteiger partial charge < -0.3 is 25.2 Å². The fourth-order valence-corrected chi connectivity index (χ4v) is 1.89. The van der Waals surface area contributed by atoms with Gasteiger partial charge in [0.25, 0.3) is 0 Å². The minimum atomic E-state index is 0. The summed E-state index contributed by atoms with van der Waals surface area (Å²) in [7, 11) is 0. The molecule has 0 radical (unpaired) electrons. The van der Waals surface area contributed by atoms with E-state index in [1.54, 1.807) is 0 Å². The summed E-state index contributed by atoms with van der Waals surface area (Å²) in [6.45, 7) is 6.48. The van der Waals surface area contributed by atoms with Crippen molar-refractivity contribution in [1.29, 1.82) is 0 Å². The summed E-state index contributed by atoms with van der Waals surface area (Å²) < 4.78 is 10.6. The van der Waals surface area contributed by atoms with Gasteiger partial charge in [-0.15, -0.1) is 24.0 Å². The number of nitrogens with one attached hydrogen (secondary N) is 2. The standard InChI is InChI=1S/C15H23N3O3.HI/c1-3-16-15(17-7-11(2)9-19)18-8-12-4-5-13-14(6-12)21-10-20-13;/h4-6,11,19H,3,7-10H2,1-2H3,(H2,16,17,18);1H. The maximum atomic E-state index is 9.05. The molecule has 1 atom stereocenters. The number of rotatable bonds is 6. The number of guanidine groups is 1. The predicted octanol–water partition coefficient (Wildman–Crippen LogP) is 1.72. The number of aliphatic hydroxyl groups excluding tert-OH is 1. The monoisotopic (exact) mass is 421 g/mol. The fourth-order valence-electron chi connectivity index (χ4n) is 1.89. The Labute approximate surface area is 148 Å². The van der Waals surface area contributed by atoms with Crippen LogP contribution in [0.3, 0.4) is 0 Å². The van der Waals surface area contributed by atoms with Crippen molar-refractivity contribution in [2.75, 3.05) is 26.5 Å². The molecule has 0 saturated carbocycles. The summed E-state index contributed by atoms with van der Waals surface area (Å²) in [6, 6.07) is 5.84. The Bertz CT molecular complexity index is 497. The van der Waals surface area contributed by atoms with E-state index in [2.05, 4.69) is 15.6 Å². The zero-order chi connectivity index (χ0) is 15.1. The third-order valence-electron chi connectivity index (χ3n) is 3.13. The smallest absolute Gasteiger partial charge is 0.231 e. The van der Waals surface area contributed by atoms with Crippen LogP contribution in [-0.4, -0.2) is 37.6 Å². The molecule has 1 unspecified atom stereocenters. The molecule has 1 aliphatic heterocycles. The van der Waals surface area contributed by atoms with E-state index in [1.165, 1.54) is 0 Å². The summed E-state index contributed by atoms with van der Waals surface area (Å²) in [5, 5.41) is 15.5. The van der Waals surface area contributed by atoms with E-state index < -0.39 is 0 Å². The van der Waals surface area contributed by atoms with Gasteiger partial charge in [0.1, 0.15) is 0 Å². The molecule has 22 heavy (non-hydrogen) atoms. The van der Waals surface area contributed by atoms with Gasteiger partial charge in [-0.1, -0.05) is 13.0 Å². The molecule has 0 aromatic heterocycles. The molecule has 6 nitrogen and oxygen atoms in total. The van der Waals surface area contributed by atoms with Crippen LogP contribution in [0.15, 0.2) is 23.2 Å². The van der Waals surface area contributed by atoms with E-state index >= 15 is 0 Å². The molecule has 1 aromatic rings. The minimum Gasteiger partial charge on any atom is -0.454 e. The normalized spacial score (nSPS) is 14.2. The molecule has 0 saturated heterocycles. The molecule has 124 valence electrons. The maximum absolute atomic E-state index is 9.05. The third-order valence-corrected chi connectivity index (χ3v) is 3.13. The topological polar surface area (TPSA) is 75.1 Å². The van der Waals surface area contributed by atoms with Crippen molar-refractivity contribution in [1.82, 2.24) is 10.6 Å². The Morgan fingerprint density at radius 3 is 2.82 bits per heavy atom.